The molecule has 0 bridgehead atoms. The van der Waals surface area contributed by atoms with Crippen molar-refractivity contribution in [3.63, 3.8) is 0 Å². The molecule has 0 N–H and O–H groups in total. The molecule has 2 unspecified atom stereocenters. The second-order valence-electron chi connectivity index (χ2n) is 10.6. The van der Waals surface area contributed by atoms with E-state index < -0.39 is 0 Å². The van der Waals surface area contributed by atoms with Crippen molar-refractivity contribution in [1.29, 1.82) is 0 Å². The number of nitrogens with zero attached hydrogens (tertiary/aromatic N) is 5. The maximum atomic E-state index is 13.2. The van der Waals surface area contributed by atoms with E-state index in [2.05, 4.69) is 67.7 Å². The molecule has 34 heavy (non-hydrogen) atoms. The number of hydrogen-bond donors (Lipinski definition) is 0. The van der Waals surface area contributed by atoms with Crippen LogP contribution in [0.2, 0.25) is 0 Å². The van der Waals surface area contributed by atoms with E-state index in [0.717, 1.165) is 57.0 Å². The first-order chi connectivity index (χ1) is 16.3. The molecular weight excluding hydrogens is 490 g/mol. The lowest BCUT2D eigenvalue weighted by molar-refractivity contribution is -0.0298. The molecule has 0 saturated carbocycles. The predicted molar refractivity (Wildman–Crippen MR) is 138 cm³/mol. The van der Waals surface area contributed by atoms with Crippen LogP contribution in [0.3, 0.4) is 0 Å². The summed E-state index contributed by atoms with van der Waals surface area (Å²) in [5.74, 6) is 0.0851. The zero-order valence-electron chi connectivity index (χ0n) is 20.9. The summed E-state index contributed by atoms with van der Waals surface area (Å²) < 4.78 is 1.19. The molecule has 2 aliphatic heterocycles. The van der Waals surface area contributed by atoms with E-state index in [1.807, 2.05) is 18.7 Å². The van der Waals surface area contributed by atoms with E-state index in [1.165, 1.54) is 28.4 Å². The van der Waals surface area contributed by atoms with E-state index in [-0.39, 0.29) is 11.4 Å². The molecule has 0 radical (unpaired) electrons. The van der Waals surface area contributed by atoms with E-state index >= 15 is 0 Å². The first kappa shape index (κ1) is 23.9. The normalized spacial score (nSPS) is 25.4. The third kappa shape index (κ3) is 4.31. The predicted octanol–water partition coefficient (Wildman–Crippen LogP) is 4.54. The molecule has 1 aliphatic carbocycles. The number of rotatable bonds is 3. The van der Waals surface area contributed by atoms with Crippen LogP contribution in [0.25, 0.3) is 0 Å². The molecule has 182 valence electrons. The molecule has 5 rings (SSSR count). The van der Waals surface area contributed by atoms with Crippen molar-refractivity contribution >= 4 is 21.8 Å². The highest BCUT2D eigenvalue weighted by atomic mass is 79.9. The van der Waals surface area contributed by atoms with Crippen LogP contribution in [-0.4, -0.2) is 74.9 Å². The Kier molecular flexibility index (Phi) is 6.55. The maximum absolute atomic E-state index is 13.2. The van der Waals surface area contributed by atoms with Crippen molar-refractivity contribution in [2.24, 2.45) is 0 Å². The van der Waals surface area contributed by atoms with Crippen LogP contribution in [0.4, 0.5) is 0 Å². The third-order valence-electron chi connectivity index (χ3n) is 8.56. The smallest absolute Gasteiger partial charge is 0.257 e. The van der Waals surface area contributed by atoms with Gasteiger partial charge in [0.25, 0.3) is 5.91 Å². The highest BCUT2D eigenvalue weighted by Crippen LogP contribution is 2.40. The van der Waals surface area contributed by atoms with Crippen molar-refractivity contribution in [2.45, 2.75) is 71.0 Å². The number of fused-ring (bicyclic) bond motifs is 1. The summed E-state index contributed by atoms with van der Waals surface area (Å²) in [5, 5.41) is 0. The zero-order chi connectivity index (χ0) is 24.0. The van der Waals surface area contributed by atoms with Crippen molar-refractivity contribution in [3.8, 4) is 0 Å². The first-order valence-corrected chi connectivity index (χ1v) is 13.4. The minimum Gasteiger partial charge on any atom is -0.338 e. The second-order valence-corrected chi connectivity index (χ2v) is 11.6. The van der Waals surface area contributed by atoms with Crippen LogP contribution in [-0.2, 0) is 6.42 Å². The number of likely N-dealkylation sites (tertiary alicyclic amines) is 1. The van der Waals surface area contributed by atoms with Gasteiger partial charge in [-0.15, -0.1) is 0 Å². The topological polar surface area (TPSA) is 52.6 Å². The minimum atomic E-state index is 0.0851. The van der Waals surface area contributed by atoms with Gasteiger partial charge in [-0.25, -0.2) is 9.97 Å². The monoisotopic (exact) mass is 525 g/mol. The lowest BCUT2D eigenvalue weighted by Crippen LogP contribution is -2.62. The average molecular weight is 527 g/mol. The molecule has 1 aromatic heterocycles. The van der Waals surface area contributed by atoms with Crippen LogP contribution in [0.1, 0.15) is 72.0 Å². The lowest BCUT2D eigenvalue weighted by Gasteiger charge is -2.52. The Hall–Kier alpha value is -1.83. The maximum Gasteiger partial charge on any atom is 0.257 e. The Morgan fingerprint density at radius 3 is 2.47 bits per heavy atom. The number of carbonyl (C=O) groups excluding carboxylic acids is 1. The number of piperazine rings is 1. The van der Waals surface area contributed by atoms with Crippen LogP contribution in [0.5, 0.6) is 0 Å². The van der Waals surface area contributed by atoms with Gasteiger partial charge >= 0.3 is 0 Å². The van der Waals surface area contributed by atoms with Gasteiger partial charge in [-0.2, -0.15) is 0 Å². The number of aryl methyl sites for hydroxylation is 3. The fourth-order valence-electron chi connectivity index (χ4n) is 6.39. The number of halogens is 1. The molecule has 2 fully saturated rings. The molecule has 2 atom stereocenters. The van der Waals surface area contributed by atoms with Gasteiger partial charge in [0.1, 0.15) is 6.33 Å². The van der Waals surface area contributed by atoms with Gasteiger partial charge in [-0.3, -0.25) is 14.6 Å². The Morgan fingerprint density at radius 1 is 1.09 bits per heavy atom. The molecule has 2 aromatic rings. The molecule has 2 saturated heterocycles. The third-order valence-corrected chi connectivity index (χ3v) is 9.06. The molecule has 3 aliphatic rings. The highest BCUT2D eigenvalue weighted by Gasteiger charge is 2.42. The summed E-state index contributed by atoms with van der Waals surface area (Å²) in [4.78, 5) is 29.2. The summed E-state index contributed by atoms with van der Waals surface area (Å²) in [6, 6.07) is 7.86. The number of carbonyl (C=O) groups is 1. The molecule has 1 aromatic carbocycles. The number of hydrogen-bond acceptors (Lipinski definition) is 5. The van der Waals surface area contributed by atoms with Gasteiger partial charge < -0.3 is 4.90 Å². The Labute approximate surface area is 211 Å². The SMILES string of the molecule is Cc1ncnc(C)c1C(=O)N1CCC(C)(N2CCN(C3CCc4ccc(Br)cc43)C(C)C2)CC1. The highest BCUT2D eigenvalue weighted by molar-refractivity contribution is 9.10. The Morgan fingerprint density at radius 2 is 1.79 bits per heavy atom. The minimum absolute atomic E-state index is 0.0851. The van der Waals surface area contributed by atoms with Crippen molar-refractivity contribution in [1.82, 2.24) is 24.7 Å². The number of aromatic nitrogens is 2. The van der Waals surface area contributed by atoms with Gasteiger partial charge in [-0.1, -0.05) is 22.0 Å². The number of amides is 1. The summed E-state index contributed by atoms with van der Waals surface area (Å²) in [6.45, 7) is 13.5. The van der Waals surface area contributed by atoms with Gasteiger partial charge in [0.05, 0.1) is 17.0 Å². The zero-order valence-corrected chi connectivity index (χ0v) is 22.4. The summed E-state index contributed by atoms with van der Waals surface area (Å²) >= 11 is 3.68. The quantitative estimate of drug-likeness (QED) is 0.588. The lowest BCUT2D eigenvalue weighted by atomic mass is 9.86. The fraction of sp³-hybridized carbons (Fsp3) is 0.593. The fourth-order valence-corrected chi connectivity index (χ4v) is 6.77. The second kappa shape index (κ2) is 9.32. The van der Waals surface area contributed by atoms with E-state index in [4.69, 9.17) is 0 Å². The van der Waals surface area contributed by atoms with Crippen LogP contribution in [0, 0.1) is 13.8 Å². The summed E-state index contributed by atoms with van der Waals surface area (Å²) in [7, 11) is 0. The summed E-state index contributed by atoms with van der Waals surface area (Å²) in [6.07, 6.45) is 5.98. The number of benzene rings is 1. The van der Waals surface area contributed by atoms with Gasteiger partial charge in [-0.05, 0) is 76.6 Å². The van der Waals surface area contributed by atoms with Crippen molar-refractivity contribution in [3.05, 3.63) is 57.1 Å². The molecule has 6 nitrogen and oxygen atoms in total. The Balaban J connectivity index is 1.22. The first-order valence-electron chi connectivity index (χ1n) is 12.6. The molecular formula is C27H36BrN5O. The van der Waals surface area contributed by atoms with Crippen molar-refractivity contribution < 1.29 is 4.79 Å². The average Bonchev–Trinajstić information content (AvgIpc) is 3.22. The van der Waals surface area contributed by atoms with Crippen LogP contribution >= 0.6 is 15.9 Å². The molecule has 1 amide bonds. The summed E-state index contributed by atoms with van der Waals surface area (Å²) in [5.41, 5.74) is 5.40. The standard InChI is InChI=1S/C27H36BrN5O/c1-18-16-32(13-14-33(18)24-8-6-21-5-7-22(28)15-23(21)24)27(4)9-11-31(12-10-27)26(34)25-19(2)29-17-30-20(25)3/h5,7,15,17-18,24H,6,8-14,16H2,1-4H3. The molecule has 3 heterocycles. The van der Waals surface area contributed by atoms with E-state index in [9.17, 15) is 4.79 Å². The van der Waals surface area contributed by atoms with Crippen LogP contribution < -0.4 is 0 Å². The van der Waals surface area contributed by atoms with Crippen molar-refractivity contribution in [2.75, 3.05) is 32.7 Å². The largest absolute Gasteiger partial charge is 0.338 e. The molecule has 0 spiro atoms. The number of piperidine rings is 1. The van der Waals surface area contributed by atoms with Gasteiger partial charge in [0, 0.05) is 54.8 Å². The van der Waals surface area contributed by atoms with E-state index in [0.29, 0.717) is 17.6 Å². The van der Waals surface area contributed by atoms with Gasteiger partial charge in [0.15, 0.2) is 0 Å². The van der Waals surface area contributed by atoms with Crippen LogP contribution in [0.15, 0.2) is 29.0 Å². The van der Waals surface area contributed by atoms with E-state index in [1.54, 1.807) is 6.33 Å². The molecule has 7 heteroatoms. The Bertz CT molecular complexity index is 1060. The van der Waals surface area contributed by atoms with Gasteiger partial charge in [0.2, 0.25) is 0 Å².